The SMILES string of the molecule is NNC(N)=Nc1c(-c2ccnc(OC3CCNCC3)c2)ccc2c1CCC2. The van der Waals surface area contributed by atoms with Gasteiger partial charge in [0.05, 0.1) is 5.69 Å². The molecule has 0 bridgehead atoms. The fraction of sp³-hybridized carbons (Fsp3) is 0.400. The van der Waals surface area contributed by atoms with Crippen LogP contribution in [0.5, 0.6) is 5.88 Å². The molecule has 0 unspecified atom stereocenters. The van der Waals surface area contributed by atoms with Crippen molar-refractivity contribution < 1.29 is 4.74 Å². The van der Waals surface area contributed by atoms with Crippen molar-refractivity contribution in [1.82, 2.24) is 15.7 Å². The number of piperidine rings is 1. The van der Waals surface area contributed by atoms with Gasteiger partial charge in [-0.25, -0.2) is 15.8 Å². The number of guanidine groups is 1. The Labute approximate surface area is 159 Å². The fourth-order valence-corrected chi connectivity index (χ4v) is 3.89. The summed E-state index contributed by atoms with van der Waals surface area (Å²) in [5.74, 6) is 6.30. The minimum atomic E-state index is 0.205. The van der Waals surface area contributed by atoms with E-state index in [1.807, 2.05) is 12.1 Å². The molecule has 1 aromatic heterocycles. The molecule has 1 fully saturated rings. The number of aromatic nitrogens is 1. The van der Waals surface area contributed by atoms with E-state index >= 15 is 0 Å². The van der Waals surface area contributed by atoms with E-state index in [0.717, 1.165) is 62.0 Å². The molecule has 0 radical (unpaired) electrons. The van der Waals surface area contributed by atoms with Gasteiger partial charge in [-0.3, -0.25) is 5.43 Å². The number of pyridine rings is 1. The number of hydrogen-bond acceptors (Lipinski definition) is 5. The van der Waals surface area contributed by atoms with Crippen LogP contribution < -0.4 is 27.1 Å². The summed E-state index contributed by atoms with van der Waals surface area (Å²) in [5, 5.41) is 3.35. The Hall–Kier alpha value is -2.64. The molecule has 0 saturated carbocycles. The number of ether oxygens (including phenoxy) is 1. The van der Waals surface area contributed by atoms with E-state index in [-0.39, 0.29) is 12.1 Å². The van der Waals surface area contributed by atoms with Crippen LogP contribution in [-0.4, -0.2) is 30.1 Å². The molecular formula is C20H26N6O. The Bertz CT molecular complexity index is 844. The average Bonchev–Trinajstić information content (AvgIpc) is 3.18. The van der Waals surface area contributed by atoms with Gasteiger partial charge in [-0.1, -0.05) is 12.1 Å². The monoisotopic (exact) mass is 366 g/mol. The first-order valence-corrected chi connectivity index (χ1v) is 9.54. The summed E-state index contributed by atoms with van der Waals surface area (Å²) in [4.78, 5) is 8.96. The van der Waals surface area contributed by atoms with E-state index in [2.05, 4.69) is 32.9 Å². The Kier molecular flexibility index (Phi) is 5.22. The lowest BCUT2D eigenvalue weighted by molar-refractivity contribution is 0.156. The highest BCUT2D eigenvalue weighted by Crippen LogP contribution is 2.40. The lowest BCUT2D eigenvalue weighted by atomic mass is 9.98. The maximum absolute atomic E-state index is 6.11. The Morgan fingerprint density at radius 3 is 2.89 bits per heavy atom. The number of nitrogens with one attached hydrogen (secondary N) is 2. The molecule has 0 atom stereocenters. The quantitative estimate of drug-likeness (QED) is 0.284. The van der Waals surface area contributed by atoms with Gasteiger partial charge in [0.15, 0.2) is 0 Å². The van der Waals surface area contributed by atoms with E-state index in [1.165, 1.54) is 11.1 Å². The molecule has 2 aromatic rings. The summed E-state index contributed by atoms with van der Waals surface area (Å²) in [6, 6.07) is 8.27. The first-order chi connectivity index (χ1) is 13.2. The molecular weight excluding hydrogens is 340 g/mol. The molecule has 1 aliphatic heterocycles. The third-order valence-corrected chi connectivity index (χ3v) is 5.25. The minimum Gasteiger partial charge on any atom is -0.474 e. The number of rotatable bonds is 4. The average molecular weight is 366 g/mol. The van der Waals surface area contributed by atoms with Crippen LogP contribution >= 0.6 is 0 Å². The van der Waals surface area contributed by atoms with Crippen LogP contribution in [-0.2, 0) is 12.8 Å². The van der Waals surface area contributed by atoms with E-state index in [9.17, 15) is 0 Å². The second kappa shape index (κ2) is 7.94. The van der Waals surface area contributed by atoms with Crippen LogP contribution in [0.4, 0.5) is 5.69 Å². The van der Waals surface area contributed by atoms with Crippen LogP contribution in [0.1, 0.15) is 30.4 Å². The normalized spacial score (nSPS) is 17.6. The molecule has 0 spiro atoms. The predicted molar refractivity (Wildman–Crippen MR) is 107 cm³/mol. The maximum Gasteiger partial charge on any atom is 0.214 e. The molecule has 7 nitrogen and oxygen atoms in total. The number of hydrazine groups is 1. The second-order valence-corrected chi connectivity index (χ2v) is 7.04. The molecule has 2 heterocycles. The number of aryl methyl sites for hydroxylation is 1. The molecule has 7 heteroatoms. The van der Waals surface area contributed by atoms with Crippen molar-refractivity contribution in [3.63, 3.8) is 0 Å². The fourth-order valence-electron chi connectivity index (χ4n) is 3.89. The molecule has 1 aliphatic carbocycles. The lowest BCUT2D eigenvalue weighted by Gasteiger charge is -2.23. The van der Waals surface area contributed by atoms with E-state index in [0.29, 0.717) is 5.88 Å². The molecule has 0 amide bonds. The molecule has 142 valence electrons. The minimum absolute atomic E-state index is 0.205. The van der Waals surface area contributed by atoms with Crippen LogP contribution in [0.3, 0.4) is 0 Å². The van der Waals surface area contributed by atoms with Gasteiger partial charge in [0.25, 0.3) is 0 Å². The molecule has 6 N–H and O–H groups in total. The molecule has 27 heavy (non-hydrogen) atoms. The van der Waals surface area contributed by atoms with Gasteiger partial charge in [0.2, 0.25) is 11.8 Å². The van der Waals surface area contributed by atoms with Gasteiger partial charge in [-0.15, -0.1) is 0 Å². The topological polar surface area (TPSA) is 111 Å². The number of fused-ring (bicyclic) bond motifs is 1. The molecule has 1 aromatic carbocycles. The summed E-state index contributed by atoms with van der Waals surface area (Å²) in [6.45, 7) is 1.97. The van der Waals surface area contributed by atoms with Crippen LogP contribution in [0, 0.1) is 0 Å². The maximum atomic E-state index is 6.11. The van der Waals surface area contributed by atoms with Crippen molar-refractivity contribution in [2.24, 2.45) is 16.6 Å². The highest BCUT2D eigenvalue weighted by molar-refractivity contribution is 5.87. The third-order valence-electron chi connectivity index (χ3n) is 5.25. The van der Waals surface area contributed by atoms with Crippen molar-refractivity contribution in [3.8, 4) is 17.0 Å². The van der Waals surface area contributed by atoms with Crippen molar-refractivity contribution in [2.75, 3.05) is 13.1 Å². The summed E-state index contributed by atoms with van der Waals surface area (Å²) in [5.41, 5.74) is 13.8. The second-order valence-electron chi connectivity index (χ2n) is 7.04. The highest BCUT2D eigenvalue weighted by atomic mass is 16.5. The van der Waals surface area contributed by atoms with Crippen molar-refractivity contribution in [3.05, 3.63) is 41.6 Å². The van der Waals surface area contributed by atoms with Crippen LogP contribution in [0.15, 0.2) is 35.5 Å². The number of aliphatic imine (C=N–C) groups is 1. The largest absolute Gasteiger partial charge is 0.474 e. The lowest BCUT2D eigenvalue weighted by Crippen LogP contribution is -2.36. The zero-order valence-corrected chi connectivity index (χ0v) is 15.4. The predicted octanol–water partition coefficient (Wildman–Crippen LogP) is 1.78. The third kappa shape index (κ3) is 3.89. The van der Waals surface area contributed by atoms with Crippen LogP contribution in [0.2, 0.25) is 0 Å². The first-order valence-electron chi connectivity index (χ1n) is 9.54. The number of benzene rings is 1. The summed E-state index contributed by atoms with van der Waals surface area (Å²) >= 11 is 0. The van der Waals surface area contributed by atoms with Gasteiger partial charge >= 0.3 is 0 Å². The van der Waals surface area contributed by atoms with Gasteiger partial charge < -0.3 is 15.8 Å². The number of nitrogens with zero attached hydrogens (tertiary/aromatic N) is 2. The summed E-state index contributed by atoms with van der Waals surface area (Å²) < 4.78 is 6.11. The van der Waals surface area contributed by atoms with E-state index in [4.69, 9.17) is 16.3 Å². The molecule has 1 saturated heterocycles. The number of hydrogen-bond donors (Lipinski definition) is 4. The van der Waals surface area contributed by atoms with Gasteiger partial charge in [0, 0.05) is 17.8 Å². The van der Waals surface area contributed by atoms with Crippen molar-refractivity contribution in [2.45, 2.75) is 38.2 Å². The zero-order chi connectivity index (χ0) is 18.6. The zero-order valence-electron chi connectivity index (χ0n) is 15.4. The highest BCUT2D eigenvalue weighted by Gasteiger charge is 2.20. The number of nitrogens with two attached hydrogens (primary N) is 2. The van der Waals surface area contributed by atoms with E-state index in [1.54, 1.807) is 6.20 Å². The van der Waals surface area contributed by atoms with Gasteiger partial charge in [0.1, 0.15) is 6.10 Å². The standard InChI is InChI=1S/C20H26N6O/c21-20(26-22)25-19-16-3-1-2-13(16)4-5-17(19)14-6-11-24-18(12-14)27-15-7-9-23-10-8-15/h4-6,11-12,15,23H,1-3,7-10,22H2,(H3,21,25,26). The van der Waals surface area contributed by atoms with Gasteiger partial charge in [-0.2, -0.15) is 0 Å². The van der Waals surface area contributed by atoms with E-state index < -0.39 is 0 Å². The molecule has 4 rings (SSSR count). The smallest absolute Gasteiger partial charge is 0.214 e. The Balaban J connectivity index is 1.69. The Morgan fingerprint density at radius 2 is 2.07 bits per heavy atom. The van der Waals surface area contributed by atoms with Crippen molar-refractivity contribution >= 4 is 11.6 Å². The first kappa shape index (κ1) is 17.8. The summed E-state index contributed by atoms with van der Waals surface area (Å²) in [7, 11) is 0. The molecule has 2 aliphatic rings. The Morgan fingerprint density at radius 1 is 1.22 bits per heavy atom. The van der Waals surface area contributed by atoms with Crippen molar-refractivity contribution in [1.29, 1.82) is 0 Å². The summed E-state index contributed by atoms with van der Waals surface area (Å²) in [6.07, 6.45) is 7.22. The van der Waals surface area contributed by atoms with Gasteiger partial charge in [-0.05, 0) is 68.0 Å². The van der Waals surface area contributed by atoms with Crippen LogP contribution in [0.25, 0.3) is 11.1 Å².